The summed E-state index contributed by atoms with van der Waals surface area (Å²) in [5.74, 6) is 2.50. The summed E-state index contributed by atoms with van der Waals surface area (Å²) in [6.45, 7) is 2.00. The predicted molar refractivity (Wildman–Crippen MR) is 81.6 cm³/mol. The number of carbonyl (C=O) groups excluding carboxylic acids is 1. The number of hydrogen-bond acceptors (Lipinski definition) is 1. The quantitative estimate of drug-likeness (QED) is 0.878. The first-order chi connectivity index (χ1) is 9.63. The highest BCUT2D eigenvalue weighted by atomic mass is 35.5. The van der Waals surface area contributed by atoms with Gasteiger partial charge in [-0.15, -0.1) is 0 Å². The topological polar surface area (TPSA) is 29.1 Å². The highest BCUT2D eigenvalue weighted by molar-refractivity contribution is 6.31. The van der Waals surface area contributed by atoms with Gasteiger partial charge in [-0.05, 0) is 55.6 Å². The molecule has 2 fully saturated rings. The smallest absolute Gasteiger partial charge is 0.220 e. The van der Waals surface area contributed by atoms with Gasteiger partial charge in [-0.1, -0.05) is 36.2 Å². The maximum absolute atomic E-state index is 12.2. The lowest BCUT2D eigenvalue weighted by Crippen LogP contribution is -2.29. The van der Waals surface area contributed by atoms with E-state index in [0.717, 1.165) is 22.4 Å². The Hall–Kier alpha value is -1.02. The number of nitrogens with one attached hydrogen (secondary N) is 1. The van der Waals surface area contributed by atoms with Crippen LogP contribution < -0.4 is 5.32 Å². The number of fused-ring (bicyclic) bond motifs is 2. The van der Waals surface area contributed by atoms with Crippen LogP contribution in [-0.2, 0) is 4.79 Å². The fourth-order valence-electron chi connectivity index (χ4n) is 4.07. The number of rotatable bonds is 4. The molecule has 20 heavy (non-hydrogen) atoms. The van der Waals surface area contributed by atoms with Gasteiger partial charge in [0.05, 0.1) is 6.04 Å². The van der Waals surface area contributed by atoms with Gasteiger partial charge in [-0.25, -0.2) is 0 Å². The number of benzene rings is 1. The highest BCUT2D eigenvalue weighted by Crippen LogP contribution is 2.49. The minimum Gasteiger partial charge on any atom is -0.350 e. The van der Waals surface area contributed by atoms with Crippen molar-refractivity contribution in [2.24, 2.45) is 17.8 Å². The molecule has 2 bridgehead atoms. The third-order valence-electron chi connectivity index (χ3n) is 5.08. The van der Waals surface area contributed by atoms with Gasteiger partial charge >= 0.3 is 0 Å². The van der Waals surface area contributed by atoms with E-state index in [0.29, 0.717) is 12.3 Å². The van der Waals surface area contributed by atoms with Gasteiger partial charge in [-0.3, -0.25) is 4.79 Å². The van der Waals surface area contributed by atoms with E-state index in [2.05, 4.69) is 5.32 Å². The number of amides is 1. The van der Waals surface area contributed by atoms with Gasteiger partial charge in [0.25, 0.3) is 0 Å². The van der Waals surface area contributed by atoms with E-state index in [4.69, 9.17) is 11.6 Å². The van der Waals surface area contributed by atoms with Crippen molar-refractivity contribution in [3.05, 3.63) is 34.9 Å². The van der Waals surface area contributed by atoms with E-state index in [1.165, 1.54) is 25.7 Å². The Labute approximate surface area is 125 Å². The largest absolute Gasteiger partial charge is 0.350 e. The first-order valence-corrected chi connectivity index (χ1v) is 8.05. The van der Waals surface area contributed by atoms with E-state index in [1.54, 1.807) is 0 Å². The minimum atomic E-state index is -0.0187. The molecule has 0 heterocycles. The Morgan fingerprint density at radius 3 is 2.80 bits per heavy atom. The summed E-state index contributed by atoms with van der Waals surface area (Å²) in [5.41, 5.74) is 0.996. The molecule has 2 aliphatic carbocycles. The molecule has 0 radical (unpaired) electrons. The fourth-order valence-corrected chi connectivity index (χ4v) is 4.37. The van der Waals surface area contributed by atoms with E-state index in [1.807, 2.05) is 31.2 Å². The molecule has 1 aromatic rings. The molecular weight excluding hydrogens is 270 g/mol. The summed E-state index contributed by atoms with van der Waals surface area (Å²) in [5, 5.41) is 3.82. The molecule has 0 aliphatic heterocycles. The number of hydrogen-bond donors (Lipinski definition) is 1. The van der Waals surface area contributed by atoms with Crippen molar-refractivity contribution in [3.63, 3.8) is 0 Å². The monoisotopic (exact) mass is 291 g/mol. The first kappa shape index (κ1) is 13.9. The van der Waals surface area contributed by atoms with Crippen molar-refractivity contribution in [1.82, 2.24) is 5.32 Å². The average Bonchev–Trinajstić information content (AvgIpc) is 3.01. The van der Waals surface area contributed by atoms with Crippen LogP contribution in [0.25, 0.3) is 0 Å². The lowest BCUT2D eigenvalue weighted by Gasteiger charge is -2.22. The molecule has 0 saturated heterocycles. The van der Waals surface area contributed by atoms with Gasteiger partial charge in [-0.2, -0.15) is 0 Å². The molecule has 0 unspecified atom stereocenters. The molecule has 3 rings (SSSR count). The zero-order valence-electron chi connectivity index (χ0n) is 11.9. The molecule has 2 aliphatic rings. The molecule has 2 nitrogen and oxygen atoms in total. The van der Waals surface area contributed by atoms with Gasteiger partial charge in [0.1, 0.15) is 0 Å². The van der Waals surface area contributed by atoms with Crippen molar-refractivity contribution >= 4 is 17.5 Å². The molecule has 108 valence electrons. The van der Waals surface area contributed by atoms with Crippen LogP contribution in [0.4, 0.5) is 0 Å². The maximum atomic E-state index is 12.2. The van der Waals surface area contributed by atoms with E-state index in [-0.39, 0.29) is 11.9 Å². The van der Waals surface area contributed by atoms with Crippen molar-refractivity contribution in [2.45, 2.75) is 45.1 Å². The van der Waals surface area contributed by atoms with Crippen molar-refractivity contribution in [3.8, 4) is 0 Å². The molecular formula is C17H22ClNO. The van der Waals surface area contributed by atoms with Crippen LogP contribution in [0.1, 0.15) is 50.6 Å². The Morgan fingerprint density at radius 2 is 2.15 bits per heavy atom. The summed E-state index contributed by atoms with van der Waals surface area (Å²) in [6.07, 6.45) is 6.04. The number of halogens is 1. The minimum absolute atomic E-state index is 0.0187. The molecule has 0 aromatic heterocycles. The van der Waals surface area contributed by atoms with E-state index in [9.17, 15) is 4.79 Å². The SMILES string of the molecule is C[C@H](NC(=O)C[C@H]1C[C@H]2CC[C@H]1C2)c1ccccc1Cl. The first-order valence-electron chi connectivity index (χ1n) is 7.67. The van der Waals surface area contributed by atoms with E-state index < -0.39 is 0 Å². The highest BCUT2D eigenvalue weighted by Gasteiger charge is 2.40. The van der Waals surface area contributed by atoms with Crippen LogP contribution >= 0.6 is 11.6 Å². The van der Waals surface area contributed by atoms with Crippen LogP contribution in [0.2, 0.25) is 5.02 Å². The van der Waals surface area contributed by atoms with Crippen LogP contribution in [0.3, 0.4) is 0 Å². The van der Waals surface area contributed by atoms with Crippen LogP contribution in [0, 0.1) is 17.8 Å². The Balaban J connectivity index is 1.55. The second kappa shape index (κ2) is 5.77. The Morgan fingerprint density at radius 1 is 1.35 bits per heavy atom. The van der Waals surface area contributed by atoms with Crippen LogP contribution in [-0.4, -0.2) is 5.91 Å². The Kier molecular flexibility index (Phi) is 4.02. The lowest BCUT2D eigenvalue weighted by atomic mass is 9.86. The third-order valence-corrected chi connectivity index (χ3v) is 5.43. The number of carbonyl (C=O) groups is 1. The van der Waals surface area contributed by atoms with Gasteiger partial charge < -0.3 is 5.32 Å². The normalized spacial score (nSPS) is 29.4. The van der Waals surface area contributed by atoms with Crippen LogP contribution in [0.5, 0.6) is 0 Å². The molecule has 1 N–H and O–H groups in total. The van der Waals surface area contributed by atoms with Crippen molar-refractivity contribution in [1.29, 1.82) is 0 Å². The average molecular weight is 292 g/mol. The fraction of sp³-hybridized carbons (Fsp3) is 0.588. The summed E-state index contributed by atoms with van der Waals surface area (Å²) in [6, 6.07) is 7.70. The second-order valence-electron chi connectivity index (χ2n) is 6.45. The zero-order chi connectivity index (χ0) is 14.1. The molecule has 3 heteroatoms. The third kappa shape index (κ3) is 2.85. The summed E-state index contributed by atoms with van der Waals surface area (Å²) >= 11 is 6.17. The molecule has 0 spiro atoms. The summed E-state index contributed by atoms with van der Waals surface area (Å²) < 4.78 is 0. The second-order valence-corrected chi connectivity index (χ2v) is 6.86. The summed E-state index contributed by atoms with van der Waals surface area (Å²) in [4.78, 5) is 12.2. The zero-order valence-corrected chi connectivity index (χ0v) is 12.7. The van der Waals surface area contributed by atoms with Gasteiger partial charge in [0.2, 0.25) is 5.91 Å². The molecule has 2 saturated carbocycles. The van der Waals surface area contributed by atoms with Gasteiger partial charge in [0, 0.05) is 11.4 Å². The molecule has 1 aromatic carbocycles. The molecule has 4 atom stereocenters. The van der Waals surface area contributed by atoms with Gasteiger partial charge in [0.15, 0.2) is 0 Å². The van der Waals surface area contributed by atoms with Crippen LogP contribution in [0.15, 0.2) is 24.3 Å². The lowest BCUT2D eigenvalue weighted by molar-refractivity contribution is -0.123. The van der Waals surface area contributed by atoms with Crippen molar-refractivity contribution in [2.75, 3.05) is 0 Å². The van der Waals surface area contributed by atoms with Crippen molar-refractivity contribution < 1.29 is 4.79 Å². The summed E-state index contributed by atoms with van der Waals surface area (Å²) in [7, 11) is 0. The predicted octanol–water partition coefficient (Wildman–Crippen LogP) is 4.34. The molecule has 1 amide bonds. The van der Waals surface area contributed by atoms with E-state index >= 15 is 0 Å². The maximum Gasteiger partial charge on any atom is 0.220 e. The standard InChI is InChI=1S/C17H22ClNO/c1-11(15-4-2-3-5-16(15)18)19-17(20)10-14-9-12-6-7-13(14)8-12/h2-5,11-14H,6-10H2,1H3,(H,19,20)/t11-,12-,13-,14+/m0/s1. The Bertz CT molecular complexity index is 502.